The number of nitrogens with zero attached hydrogens (tertiary/aromatic N) is 3. The van der Waals surface area contributed by atoms with E-state index in [-0.39, 0.29) is 5.56 Å². The van der Waals surface area contributed by atoms with Gasteiger partial charge in [0.2, 0.25) is 0 Å². The molecule has 2 aromatic heterocycles. The third kappa shape index (κ3) is 3.25. The zero-order valence-electron chi connectivity index (χ0n) is 16.3. The van der Waals surface area contributed by atoms with Crippen LogP contribution < -0.4 is 29.0 Å². The Hall–Kier alpha value is -2.51. The maximum atomic E-state index is 13.1. The van der Waals surface area contributed by atoms with Gasteiger partial charge in [-0.15, -0.1) is 11.3 Å². The van der Waals surface area contributed by atoms with Crippen LogP contribution in [0.2, 0.25) is 0 Å². The van der Waals surface area contributed by atoms with Crippen molar-refractivity contribution in [1.29, 1.82) is 0 Å². The minimum Gasteiger partial charge on any atom is -0.497 e. The van der Waals surface area contributed by atoms with Gasteiger partial charge >= 0.3 is 0 Å². The van der Waals surface area contributed by atoms with Crippen molar-refractivity contribution in [3.8, 4) is 5.75 Å². The lowest BCUT2D eigenvalue weighted by atomic mass is 10.3. The number of hydrogen-bond acceptors (Lipinski definition) is 5. The molecule has 0 radical (unpaired) electrons. The normalized spacial score (nSPS) is 15.9. The maximum absolute atomic E-state index is 13.1. The van der Waals surface area contributed by atoms with E-state index in [4.69, 9.17) is 4.74 Å². The van der Waals surface area contributed by atoms with Crippen molar-refractivity contribution in [2.24, 2.45) is 7.05 Å². The summed E-state index contributed by atoms with van der Waals surface area (Å²) in [6.45, 7) is 2.65. The molecule has 1 aliphatic heterocycles. The van der Waals surface area contributed by atoms with Crippen LogP contribution in [0.1, 0.15) is 12.5 Å². The van der Waals surface area contributed by atoms with E-state index < -0.39 is 0 Å². The number of anilines is 1. The third-order valence-corrected chi connectivity index (χ3v) is 7.24. The Morgan fingerprint density at radius 2 is 1.96 bits per heavy atom. The fourth-order valence-electron chi connectivity index (χ4n) is 3.17. The van der Waals surface area contributed by atoms with Crippen LogP contribution >= 0.6 is 23.1 Å². The van der Waals surface area contributed by atoms with Crippen LogP contribution in [0, 0.1) is 0 Å². The van der Waals surface area contributed by atoms with Crippen LogP contribution in [0.15, 0.2) is 52.4 Å². The van der Waals surface area contributed by atoms with E-state index in [1.54, 1.807) is 30.2 Å². The number of benzene rings is 1. The molecule has 0 unspecified atom stereocenters. The van der Waals surface area contributed by atoms with E-state index in [1.807, 2.05) is 60.7 Å². The molecule has 0 fully saturated rings. The summed E-state index contributed by atoms with van der Waals surface area (Å²) < 4.78 is 10.9. The number of thioether (sulfide) groups is 1. The summed E-state index contributed by atoms with van der Waals surface area (Å²) in [4.78, 5) is 16.4. The summed E-state index contributed by atoms with van der Waals surface area (Å²) >= 11 is 3.19. The Kier molecular flexibility index (Phi) is 5.03. The summed E-state index contributed by atoms with van der Waals surface area (Å²) in [6, 6.07) is 10.1. The molecule has 28 heavy (non-hydrogen) atoms. The first-order valence-corrected chi connectivity index (χ1v) is 10.7. The van der Waals surface area contributed by atoms with Gasteiger partial charge in [-0.3, -0.25) is 9.36 Å². The molecule has 0 N–H and O–H groups in total. The largest absolute Gasteiger partial charge is 0.497 e. The van der Waals surface area contributed by atoms with Gasteiger partial charge in [0.15, 0.2) is 12.4 Å². The molecule has 4 rings (SSSR count). The minimum absolute atomic E-state index is 0.0642. The number of pyridine rings is 1. The molecule has 3 aromatic rings. The Morgan fingerprint density at radius 3 is 2.64 bits per heavy atom. The van der Waals surface area contributed by atoms with E-state index >= 15 is 0 Å². The van der Waals surface area contributed by atoms with Crippen LogP contribution in [0.5, 0.6) is 5.75 Å². The van der Waals surface area contributed by atoms with Gasteiger partial charge < -0.3 is 9.64 Å². The van der Waals surface area contributed by atoms with E-state index in [9.17, 15) is 4.79 Å². The summed E-state index contributed by atoms with van der Waals surface area (Å²) in [7, 11) is 5.66. The highest BCUT2D eigenvalue weighted by Gasteiger charge is 2.25. The highest BCUT2D eigenvalue weighted by Crippen LogP contribution is 2.46. The van der Waals surface area contributed by atoms with Crippen molar-refractivity contribution in [2.45, 2.75) is 18.4 Å². The van der Waals surface area contributed by atoms with Crippen LogP contribution in [0.25, 0.3) is 11.1 Å². The highest BCUT2D eigenvalue weighted by atomic mass is 32.2. The average molecular weight is 413 g/mol. The molecule has 0 bridgehead atoms. The van der Waals surface area contributed by atoms with Gasteiger partial charge in [0, 0.05) is 36.7 Å². The van der Waals surface area contributed by atoms with Crippen LogP contribution in [-0.4, -0.2) is 18.7 Å². The molecule has 5 nitrogen and oxygen atoms in total. The van der Waals surface area contributed by atoms with Gasteiger partial charge in [0.25, 0.3) is 5.56 Å². The number of aryl methyl sites for hydroxylation is 1. The molecule has 0 amide bonds. The van der Waals surface area contributed by atoms with E-state index in [1.165, 1.54) is 0 Å². The van der Waals surface area contributed by atoms with E-state index in [0.717, 1.165) is 36.1 Å². The number of methoxy groups -OCH3 is 1. The molecule has 1 aromatic carbocycles. The molecule has 1 aliphatic rings. The molecule has 0 spiro atoms. The standard InChI is InChI=1S/C21H22N3O2S2/c1-5-24-18(12-14-8-10-22(2)11-9-14)28-19(20(24)25)21-23(3)16-13-15(26-4)6-7-17(16)27-21/h6-13H,5H2,1-4H3/q+1/b21-19+. The molecule has 0 atom stereocenters. The Balaban J connectivity index is 1.88. The molecular weight excluding hydrogens is 390 g/mol. The second kappa shape index (κ2) is 7.48. The predicted octanol–water partition coefficient (Wildman–Crippen LogP) is 1.90. The highest BCUT2D eigenvalue weighted by molar-refractivity contribution is 8.08. The van der Waals surface area contributed by atoms with Crippen molar-refractivity contribution in [2.75, 3.05) is 19.1 Å². The predicted molar refractivity (Wildman–Crippen MR) is 115 cm³/mol. The molecule has 0 saturated heterocycles. The smallest absolute Gasteiger partial charge is 0.271 e. The van der Waals surface area contributed by atoms with Crippen LogP contribution in [0.4, 0.5) is 5.69 Å². The van der Waals surface area contributed by atoms with E-state index in [0.29, 0.717) is 6.54 Å². The number of rotatable bonds is 3. The lowest BCUT2D eigenvalue weighted by Crippen LogP contribution is -2.33. The number of fused-ring (bicyclic) bond motifs is 1. The average Bonchev–Trinajstić information content (AvgIpc) is 3.19. The number of aromatic nitrogens is 2. The Bertz CT molecular complexity index is 1210. The zero-order valence-corrected chi connectivity index (χ0v) is 17.9. The second-order valence-electron chi connectivity index (χ2n) is 6.56. The van der Waals surface area contributed by atoms with Crippen molar-refractivity contribution in [1.82, 2.24) is 4.57 Å². The fraction of sp³-hybridized carbons (Fsp3) is 0.238. The quantitative estimate of drug-likeness (QED) is 0.616. The lowest BCUT2D eigenvalue weighted by Gasteiger charge is -2.13. The topological polar surface area (TPSA) is 38.4 Å². The second-order valence-corrected chi connectivity index (χ2v) is 8.62. The summed E-state index contributed by atoms with van der Waals surface area (Å²) in [5.41, 5.74) is 2.21. The van der Waals surface area contributed by atoms with Gasteiger partial charge in [0.1, 0.15) is 22.4 Å². The van der Waals surface area contributed by atoms with Crippen molar-refractivity contribution in [3.63, 3.8) is 0 Å². The van der Waals surface area contributed by atoms with Crippen LogP contribution in [0.3, 0.4) is 0 Å². The summed E-state index contributed by atoms with van der Waals surface area (Å²) in [6.07, 6.45) is 6.09. The molecule has 0 aliphatic carbocycles. The SMILES string of the molecule is CCn1c(=O)/c(=C2\Sc3ccc(OC)cc3N2C)s/c1=C\c1cc[n+](C)cc1. The first-order valence-electron chi connectivity index (χ1n) is 9.02. The monoisotopic (exact) mass is 412 g/mol. The van der Waals surface area contributed by atoms with Gasteiger partial charge in [-0.05, 0) is 30.7 Å². The Labute approximate surface area is 171 Å². The summed E-state index contributed by atoms with van der Waals surface area (Å²) in [5.74, 6) is 0.816. The fourth-order valence-corrected chi connectivity index (χ4v) is 5.63. The first-order chi connectivity index (χ1) is 13.5. The Morgan fingerprint density at radius 1 is 1.21 bits per heavy atom. The summed E-state index contributed by atoms with van der Waals surface area (Å²) in [5, 5.41) is 0.972. The maximum Gasteiger partial charge on any atom is 0.271 e. The van der Waals surface area contributed by atoms with Gasteiger partial charge in [-0.2, -0.15) is 0 Å². The van der Waals surface area contributed by atoms with Crippen molar-refractivity contribution >= 4 is 39.9 Å². The zero-order chi connectivity index (χ0) is 19.8. The van der Waals surface area contributed by atoms with Crippen molar-refractivity contribution < 1.29 is 9.30 Å². The molecule has 7 heteroatoms. The lowest BCUT2D eigenvalue weighted by molar-refractivity contribution is -0.671. The first kappa shape index (κ1) is 18.8. The molecule has 144 valence electrons. The van der Waals surface area contributed by atoms with Crippen LogP contribution in [-0.2, 0) is 13.6 Å². The van der Waals surface area contributed by atoms with Gasteiger partial charge in [-0.25, -0.2) is 4.57 Å². The molecule has 3 heterocycles. The van der Waals surface area contributed by atoms with Gasteiger partial charge in [-0.1, -0.05) is 11.8 Å². The van der Waals surface area contributed by atoms with Gasteiger partial charge in [0.05, 0.1) is 17.5 Å². The van der Waals surface area contributed by atoms with E-state index in [2.05, 4.69) is 23.1 Å². The number of thiazole rings is 1. The van der Waals surface area contributed by atoms with Crippen molar-refractivity contribution in [3.05, 3.63) is 67.8 Å². The minimum atomic E-state index is 0.0642. The number of ether oxygens (including phenoxy) is 1. The molecule has 0 saturated carbocycles. The number of hydrogen-bond donors (Lipinski definition) is 0. The molecular formula is C21H22N3O2S2+. The third-order valence-electron chi connectivity index (χ3n) is 4.76.